The molecule has 1 aliphatic carbocycles. The van der Waals surface area contributed by atoms with Crippen molar-refractivity contribution in [1.29, 1.82) is 0 Å². The molecular weight excluding hydrogens is 285 g/mol. The molecule has 1 heterocycles. The van der Waals surface area contributed by atoms with E-state index >= 15 is 0 Å². The van der Waals surface area contributed by atoms with Gasteiger partial charge in [0.2, 0.25) is 11.8 Å². The van der Waals surface area contributed by atoms with Crippen LogP contribution < -0.4 is 5.32 Å². The molecular formula is C16H18FN3O2. The molecule has 0 unspecified atom stereocenters. The van der Waals surface area contributed by atoms with Crippen molar-refractivity contribution in [1.82, 2.24) is 15.5 Å². The molecule has 6 heteroatoms. The van der Waals surface area contributed by atoms with Crippen molar-refractivity contribution < 1.29 is 13.7 Å². The summed E-state index contributed by atoms with van der Waals surface area (Å²) in [4.78, 5) is 15.6. The topological polar surface area (TPSA) is 68.0 Å². The molecule has 1 amide bonds. The molecule has 0 bridgehead atoms. The molecule has 1 fully saturated rings. The van der Waals surface area contributed by atoms with E-state index in [1.807, 2.05) is 19.9 Å². The highest BCUT2D eigenvalue weighted by molar-refractivity contribution is 5.73. The first-order chi connectivity index (χ1) is 10.4. The van der Waals surface area contributed by atoms with Gasteiger partial charge in [0.1, 0.15) is 5.82 Å². The SMILES string of the molecule is CC(=O)NC(C)(C)c1noc([C@@H]2C[C@H]2c2cccc(F)c2)n1. The molecule has 1 aromatic heterocycles. The van der Waals surface area contributed by atoms with Crippen LogP contribution in [-0.4, -0.2) is 16.0 Å². The molecule has 5 nitrogen and oxygen atoms in total. The van der Waals surface area contributed by atoms with Gasteiger partial charge in [-0.25, -0.2) is 4.39 Å². The number of amides is 1. The van der Waals surface area contributed by atoms with Gasteiger partial charge in [0.15, 0.2) is 5.82 Å². The molecule has 1 saturated carbocycles. The highest BCUT2D eigenvalue weighted by atomic mass is 19.1. The minimum absolute atomic E-state index is 0.121. The van der Waals surface area contributed by atoms with Gasteiger partial charge in [0.25, 0.3) is 0 Å². The van der Waals surface area contributed by atoms with Crippen LogP contribution in [0.15, 0.2) is 28.8 Å². The number of hydrogen-bond acceptors (Lipinski definition) is 4. The van der Waals surface area contributed by atoms with Crippen LogP contribution in [0.2, 0.25) is 0 Å². The van der Waals surface area contributed by atoms with Crippen molar-refractivity contribution in [2.45, 2.75) is 44.6 Å². The molecule has 0 spiro atoms. The van der Waals surface area contributed by atoms with Crippen LogP contribution in [0, 0.1) is 5.82 Å². The molecule has 0 saturated heterocycles. The maximum Gasteiger partial charge on any atom is 0.230 e. The summed E-state index contributed by atoms with van der Waals surface area (Å²) in [6.45, 7) is 5.09. The van der Waals surface area contributed by atoms with Gasteiger partial charge in [-0.05, 0) is 43.9 Å². The first kappa shape index (κ1) is 14.7. The third-order valence-electron chi connectivity index (χ3n) is 3.87. The first-order valence-electron chi connectivity index (χ1n) is 7.25. The van der Waals surface area contributed by atoms with Crippen molar-refractivity contribution in [3.8, 4) is 0 Å². The van der Waals surface area contributed by atoms with Gasteiger partial charge >= 0.3 is 0 Å². The average Bonchev–Trinajstić information content (AvgIpc) is 3.05. The lowest BCUT2D eigenvalue weighted by Gasteiger charge is -2.20. The summed E-state index contributed by atoms with van der Waals surface area (Å²) >= 11 is 0. The Bertz CT molecular complexity index is 711. The normalized spacial score (nSPS) is 20.7. The van der Waals surface area contributed by atoms with E-state index in [2.05, 4.69) is 15.5 Å². The fraction of sp³-hybridized carbons (Fsp3) is 0.438. The number of nitrogens with one attached hydrogen (secondary N) is 1. The third-order valence-corrected chi connectivity index (χ3v) is 3.87. The molecule has 1 aromatic carbocycles. The zero-order chi connectivity index (χ0) is 15.9. The van der Waals surface area contributed by atoms with E-state index in [-0.39, 0.29) is 23.6 Å². The number of benzene rings is 1. The summed E-state index contributed by atoms with van der Waals surface area (Å²) in [5, 5.41) is 6.76. The second-order valence-electron chi connectivity index (χ2n) is 6.27. The van der Waals surface area contributed by atoms with Crippen LogP contribution in [-0.2, 0) is 10.3 Å². The van der Waals surface area contributed by atoms with E-state index < -0.39 is 5.54 Å². The molecule has 2 aromatic rings. The number of rotatable bonds is 4. The molecule has 0 aliphatic heterocycles. The first-order valence-corrected chi connectivity index (χ1v) is 7.25. The summed E-state index contributed by atoms with van der Waals surface area (Å²) in [5.74, 6) is 0.941. The molecule has 1 aliphatic rings. The third kappa shape index (κ3) is 2.86. The summed E-state index contributed by atoms with van der Waals surface area (Å²) < 4.78 is 18.6. The fourth-order valence-corrected chi connectivity index (χ4v) is 2.71. The number of halogens is 1. The zero-order valence-electron chi connectivity index (χ0n) is 12.8. The quantitative estimate of drug-likeness (QED) is 0.943. The number of aromatic nitrogens is 2. The molecule has 3 rings (SSSR count). The van der Waals surface area contributed by atoms with Gasteiger partial charge in [-0.15, -0.1) is 0 Å². The van der Waals surface area contributed by atoms with E-state index in [0.29, 0.717) is 11.7 Å². The van der Waals surface area contributed by atoms with Crippen LogP contribution in [0.3, 0.4) is 0 Å². The van der Waals surface area contributed by atoms with Gasteiger partial charge in [0.05, 0.1) is 5.54 Å². The smallest absolute Gasteiger partial charge is 0.230 e. The lowest BCUT2D eigenvalue weighted by Crippen LogP contribution is -2.40. The van der Waals surface area contributed by atoms with Gasteiger partial charge in [-0.3, -0.25) is 4.79 Å². The summed E-state index contributed by atoms with van der Waals surface area (Å²) in [7, 11) is 0. The standard InChI is InChI=1S/C16H18FN3O2/c1-9(21)19-16(2,3)15-18-14(22-20-15)13-8-12(13)10-5-4-6-11(17)7-10/h4-7,12-13H,8H2,1-3H3,(H,19,21)/t12-,13+/m0/s1. The van der Waals surface area contributed by atoms with E-state index in [0.717, 1.165) is 12.0 Å². The Morgan fingerprint density at radius 2 is 2.18 bits per heavy atom. The van der Waals surface area contributed by atoms with E-state index in [1.54, 1.807) is 12.1 Å². The lowest BCUT2D eigenvalue weighted by molar-refractivity contribution is -0.120. The number of nitrogens with zero attached hydrogens (tertiary/aromatic N) is 2. The summed E-state index contributed by atoms with van der Waals surface area (Å²) in [6.07, 6.45) is 0.867. The largest absolute Gasteiger partial charge is 0.344 e. The number of carbonyl (C=O) groups excluding carboxylic acids is 1. The summed E-state index contributed by atoms with van der Waals surface area (Å²) in [5.41, 5.74) is 0.266. The highest BCUT2D eigenvalue weighted by Gasteiger charge is 2.44. The predicted octanol–water partition coefficient (Wildman–Crippen LogP) is 2.85. The van der Waals surface area contributed by atoms with Crippen LogP contribution in [0.25, 0.3) is 0 Å². The van der Waals surface area contributed by atoms with Crippen molar-refractivity contribution in [2.24, 2.45) is 0 Å². The monoisotopic (exact) mass is 303 g/mol. The predicted molar refractivity (Wildman–Crippen MR) is 77.6 cm³/mol. The van der Waals surface area contributed by atoms with Crippen LogP contribution in [0.1, 0.15) is 56.3 Å². The molecule has 22 heavy (non-hydrogen) atoms. The minimum Gasteiger partial charge on any atom is -0.344 e. The van der Waals surface area contributed by atoms with E-state index in [4.69, 9.17) is 4.52 Å². The Morgan fingerprint density at radius 1 is 1.41 bits per heavy atom. The molecule has 116 valence electrons. The van der Waals surface area contributed by atoms with Crippen molar-refractivity contribution in [3.05, 3.63) is 47.4 Å². The van der Waals surface area contributed by atoms with Gasteiger partial charge in [-0.2, -0.15) is 4.98 Å². The van der Waals surface area contributed by atoms with Crippen molar-refractivity contribution in [3.63, 3.8) is 0 Å². The lowest BCUT2D eigenvalue weighted by atomic mass is 10.1. The Kier molecular flexibility index (Phi) is 3.47. The summed E-state index contributed by atoms with van der Waals surface area (Å²) in [6, 6.07) is 6.59. The molecule has 0 radical (unpaired) electrons. The van der Waals surface area contributed by atoms with E-state index in [1.165, 1.54) is 13.0 Å². The van der Waals surface area contributed by atoms with Crippen molar-refractivity contribution >= 4 is 5.91 Å². The Morgan fingerprint density at radius 3 is 2.86 bits per heavy atom. The van der Waals surface area contributed by atoms with Crippen LogP contribution in [0.5, 0.6) is 0 Å². The van der Waals surface area contributed by atoms with E-state index in [9.17, 15) is 9.18 Å². The Hall–Kier alpha value is -2.24. The Labute approximate surface area is 127 Å². The minimum atomic E-state index is -0.684. The number of hydrogen-bond donors (Lipinski definition) is 1. The molecule has 2 atom stereocenters. The second-order valence-corrected chi connectivity index (χ2v) is 6.27. The van der Waals surface area contributed by atoms with Gasteiger partial charge in [-0.1, -0.05) is 17.3 Å². The highest BCUT2D eigenvalue weighted by Crippen LogP contribution is 2.54. The van der Waals surface area contributed by atoms with Gasteiger partial charge < -0.3 is 9.84 Å². The fourth-order valence-electron chi connectivity index (χ4n) is 2.71. The zero-order valence-corrected chi connectivity index (χ0v) is 12.8. The second kappa shape index (κ2) is 5.19. The Balaban J connectivity index is 1.75. The van der Waals surface area contributed by atoms with Crippen LogP contribution in [0.4, 0.5) is 4.39 Å². The number of carbonyl (C=O) groups is 1. The van der Waals surface area contributed by atoms with Gasteiger partial charge in [0, 0.05) is 12.8 Å². The molecule has 1 N–H and O–H groups in total. The average molecular weight is 303 g/mol. The van der Waals surface area contributed by atoms with Crippen LogP contribution >= 0.6 is 0 Å². The van der Waals surface area contributed by atoms with Crippen molar-refractivity contribution in [2.75, 3.05) is 0 Å². The maximum atomic E-state index is 13.3. The maximum absolute atomic E-state index is 13.3.